The maximum absolute atomic E-state index is 12.8. The van der Waals surface area contributed by atoms with E-state index in [-0.39, 0.29) is 93.5 Å². The van der Waals surface area contributed by atoms with E-state index in [4.69, 9.17) is 42.9 Å². The number of rotatable bonds is 20. The van der Waals surface area contributed by atoms with Crippen molar-refractivity contribution in [3.8, 4) is 0 Å². The quantitative estimate of drug-likeness (QED) is 0.0428. The van der Waals surface area contributed by atoms with Crippen LogP contribution in [0.5, 0.6) is 0 Å². The van der Waals surface area contributed by atoms with E-state index in [1.807, 2.05) is 0 Å². The molecule has 4 aromatic heterocycles. The van der Waals surface area contributed by atoms with Gasteiger partial charge in [0.05, 0.1) is 66.1 Å². The molecule has 2 N–H and O–H groups in total. The van der Waals surface area contributed by atoms with Crippen LogP contribution in [0.2, 0.25) is 0 Å². The SMILES string of the molecule is Cc1ccc(C(C)C)cc1.Cc1ccc(C(C)C)cc1.ClCCl.[O-]C(OCCO)(c1ccccn1)c1ccccn1.[O-]C(OCCO)(c1ccccn1)c1ccccn1.[Ru+2].[Ru+2].c1ccc([B-](c2ccccc2)(c2ccccc2)c2ccccc2)cc1.c1ccc([B-](c2ccccc2)(c2ccccc2)c2ccccc2)cc1. The van der Waals surface area contributed by atoms with Crippen LogP contribution < -0.4 is 53.9 Å². The maximum Gasteiger partial charge on any atom is 2.00 e. The largest absolute Gasteiger partial charge is 2.00 e. The van der Waals surface area contributed by atoms with Crippen molar-refractivity contribution < 1.29 is 68.9 Å². The summed E-state index contributed by atoms with van der Waals surface area (Å²) < 4.78 is 10.4. The Morgan fingerprint density at radius 1 is 0.297 bits per heavy atom. The average Bonchev–Trinajstić information content (AvgIpc) is 0.742. The van der Waals surface area contributed by atoms with E-state index in [1.54, 1.807) is 72.8 Å². The van der Waals surface area contributed by atoms with Crippen LogP contribution in [0, 0.1) is 13.8 Å². The van der Waals surface area contributed by atoms with E-state index < -0.39 is 23.9 Å². The molecule has 0 bridgehead atoms. The molecule has 0 radical (unpaired) electrons. The number of pyridine rings is 4. The van der Waals surface area contributed by atoms with Gasteiger partial charge in [0, 0.05) is 24.8 Å². The number of ether oxygens (including phenoxy) is 2. The average molecular weight is 1680 g/mol. The van der Waals surface area contributed by atoms with Gasteiger partial charge in [0.1, 0.15) is 12.3 Å². The van der Waals surface area contributed by atoms with Crippen LogP contribution >= 0.6 is 23.2 Å². The Morgan fingerprint density at radius 2 is 0.468 bits per heavy atom. The zero-order valence-electron chi connectivity index (χ0n) is 63.6. The van der Waals surface area contributed by atoms with Crippen LogP contribution in [0.4, 0.5) is 0 Å². The zero-order chi connectivity index (χ0) is 77.4. The Morgan fingerprint density at radius 3 is 0.613 bits per heavy atom. The van der Waals surface area contributed by atoms with E-state index >= 15 is 0 Å². The van der Waals surface area contributed by atoms with Gasteiger partial charge in [-0.2, -0.15) is 43.7 Å². The van der Waals surface area contributed by atoms with Gasteiger partial charge in [0.25, 0.3) is 0 Å². The molecule has 10 aromatic carbocycles. The molecule has 0 aliphatic heterocycles. The van der Waals surface area contributed by atoms with Crippen LogP contribution in [-0.2, 0) is 60.0 Å². The third kappa shape index (κ3) is 25.3. The molecular formula is C95H96B2Cl2N4O6Ru2. The van der Waals surface area contributed by atoms with Gasteiger partial charge in [0.15, 0.2) is 0 Å². The van der Waals surface area contributed by atoms with Crippen LogP contribution in [0.15, 0.2) is 389 Å². The molecule has 4 heterocycles. The summed E-state index contributed by atoms with van der Waals surface area (Å²) in [7, 11) is 0. The summed E-state index contributed by atoms with van der Waals surface area (Å²) in [6.07, 6.45) is 3.65. The molecule has 0 amide bonds. The van der Waals surface area contributed by atoms with Gasteiger partial charge in [-0.25, -0.2) is 0 Å². The molecule has 0 saturated carbocycles. The predicted octanol–water partition coefficient (Wildman–Crippen LogP) is 13.9. The summed E-state index contributed by atoms with van der Waals surface area (Å²) >= 11 is 9.53. The van der Waals surface area contributed by atoms with Gasteiger partial charge in [0.2, 0.25) is 0 Å². The molecule has 0 aliphatic rings. The maximum atomic E-state index is 12.8. The smallest absolute Gasteiger partial charge is 0.819 e. The van der Waals surface area contributed by atoms with Crippen molar-refractivity contribution in [1.29, 1.82) is 0 Å². The minimum atomic E-state index is -1.99. The minimum Gasteiger partial charge on any atom is -0.819 e. The third-order valence-electron chi connectivity index (χ3n) is 18.7. The monoisotopic (exact) mass is 1680 g/mol. The fraction of sp³-hybridized carbons (Fsp3) is 0.158. The standard InChI is InChI=1S/2C24H20B.2C13H13N2O3.2C10H14.CH2Cl2.2Ru/c2*1-5-13-21(14-6-1)25(22-15-7-2-8-16-22,23-17-9-3-10-18-23)24-19-11-4-12-20-24;2*16-9-10-18-13(17,11-5-1-3-7-14-11)12-6-2-4-8-15-12;2*1-8(2)10-6-4-9(3)5-7-10;2-1-3;;/h2*1-20H;2*1-8,16H,9-10H2;2*4-8H,1-3H3;1H2;;/q4*-1;;;;2*+2. The van der Waals surface area contributed by atoms with Crippen LogP contribution in [0.3, 0.4) is 0 Å². The van der Waals surface area contributed by atoms with Crippen molar-refractivity contribution >= 4 is 79.2 Å². The number of alkyl halides is 2. The number of hydrogen-bond donors (Lipinski definition) is 2. The fourth-order valence-electron chi connectivity index (χ4n) is 13.3. The molecule has 568 valence electrons. The van der Waals surface area contributed by atoms with E-state index in [2.05, 4.69) is 353 Å². The van der Waals surface area contributed by atoms with Gasteiger partial charge in [-0.3, -0.25) is 19.9 Å². The number of halogens is 2. The number of aryl methyl sites for hydroxylation is 2. The van der Waals surface area contributed by atoms with Gasteiger partial charge in [-0.1, -0.05) is 354 Å². The fourth-order valence-corrected chi connectivity index (χ4v) is 13.3. The Balaban J connectivity index is 0.000000212. The summed E-state index contributed by atoms with van der Waals surface area (Å²) in [4.78, 5) is 16.1. The predicted molar refractivity (Wildman–Crippen MR) is 452 cm³/mol. The number of aliphatic hydroxyl groups excluding tert-OH is 2. The first-order chi connectivity index (χ1) is 53.2. The number of nitrogens with zero attached hydrogens (tertiary/aromatic N) is 4. The summed E-state index contributed by atoms with van der Waals surface area (Å²) in [5.41, 5.74) is 17.1. The molecule has 14 aromatic rings. The molecule has 10 nitrogen and oxygen atoms in total. The first-order valence-electron chi connectivity index (χ1n) is 36.8. The topological polar surface area (TPSA) is 157 Å². The van der Waals surface area contributed by atoms with Gasteiger partial charge < -0.3 is 29.9 Å². The second kappa shape index (κ2) is 48.3. The van der Waals surface area contributed by atoms with Crippen LogP contribution in [0.25, 0.3) is 0 Å². The Labute approximate surface area is 693 Å². The molecule has 0 atom stereocenters. The Hall–Kier alpha value is -9.48. The zero-order valence-corrected chi connectivity index (χ0v) is 68.6. The van der Waals surface area contributed by atoms with E-state index in [0.717, 1.165) is 0 Å². The third-order valence-corrected chi connectivity index (χ3v) is 18.7. The molecular weight excluding hydrogens is 1590 g/mol. The van der Waals surface area contributed by atoms with Crippen molar-refractivity contribution in [1.82, 2.24) is 19.9 Å². The Bertz CT molecular complexity index is 4010. The molecule has 0 aliphatic carbocycles. The second-order valence-electron chi connectivity index (χ2n) is 26.5. The van der Waals surface area contributed by atoms with Gasteiger partial charge in [-0.15, -0.1) is 23.2 Å². The van der Waals surface area contributed by atoms with E-state index in [0.29, 0.717) is 11.8 Å². The van der Waals surface area contributed by atoms with Crippen molar-refractivity contribution in [2.45, 2.75) is 65.0 Å². The molecule has 0 spiro atoms. The van der Waals surface area contributed by atoms with Crippen molar-refractivity contribution in [2.75, 3.05) is 31.8 Å². The summed E-state index contributed by atoms with van der Waals surface area (Å²) in [6.45, 7) is 12.5. The first kappa shape index (κ1) is 90.4. The summed E-state index contributed by atoms with van der Waals surface area (Å²) in [5.74, 6) is -2.68. The van der Waals surface area contributed by atoms with Gasteiger partial charge in [-0.05, 0) is 85.3 Å². The van der Waals surface area contributed by atoms with Crippen LogP contribution in [-0.4, -0.2) is 74.2 Å². The Kier molecular flexibility index (Phi) is 39.4. The second-order valence-corrected chi connectivity index (χ2v) is 27.3. The molecule has 111 heavy (non-hydrogen) atoms. The first-order valence-corrected chi connectivity index (χ1v) is 37.8. The normalized spacial score (nSPS) is 10.8. The summed E-state index contributed by atoms with van der Waals surface area (Å²) in [5, 5.41) is 43.4. The van der Waals surface area contributed by atoms with Crippen LogP contribution in [0.1, 0.15) is 84.6 Å². The number of benzene rings is 10. The molecule has 0 saturated heterocycles. The van der Waals surface area contributed by atoms with E-state index in [1.165, 1.54) is 90.7 Å². The van der Waals surface area contributed by atoms with Gasteiger partial charge >= 0.3 is 39.0 Å². The molecule has 0 fully saturated rings. The summed E-state index contributed by atoms with van der Waals surface area (Å²) in [6, 6.07) is 125. The number of hydrogen-bond acceptors (Lipinski definition) is 10. The minimum absolute atomic E-state index is 0. The number of aliphatic hydroxyl groups is 2. The molecule has 16 heteroatoms. The van der Waals surface area contributed by atoms with E-state index in [9.17, 15) is 10.2 Å². The van der Waals surface area contributed by atoms with Crippen molar-refractivity contribution in [3.05, 3.63) is 434 Å². The number of aromatic nitrogens is 4. The molecule has 14 rings (SSSR count). The van der Waals surface area contributed by atoms with Crippen molar-refractivity contribution in [2.24, 2.45) is 0 Å². The van der Waals surface area contributed by atoms with Crippen molar-refractivity contribution in [3.63, 3.8) is 0 Å². The molecule has 0 unspecified atom stereocenters.